The van der Waals surface area contributed by atoms with Gasteiger partial charge in [-0.3, -0.25) is 0 Å². The van der Waals surface area contributed by atoms with Gasteiger partial charge in [0.15, 0.2) is 5.82 Å². The molecule has 2 aromatic heterocycles. The van der Waals surface area contributed by atoms with Crippen molar-refractivity contribution >= 4 is 0 Å². The van der Waals surface area contributed by atoms with E-state index >= 15 is 0 Å². The van der Waals surface area contributed by atoms with Crippen molar-refractivity contribution in [2.45, 2.75) is 64.5 Å². The molecule has 1 atom stereocenters. The van der Waals surface area contributed by atoms with E-state index in [-0.39, 0.29) is 6.04 Å². The molecule has 172 valence electrons. The summed E-state index contributed by atoms with van der Waals surface area (Å²) in [5.41, 5.74) is 10.5. The van der Waals surface area contributed by atoms with Crippen LogP contribution in [0.2, 0.25) is 0 Å². The van der Waals surface area contributed by atoms with Crippen molar-refractivity contribution in [2.75, 3.05) is 0 Å². The molecule has 0 saturated carbocycles. The average molecular weight is 445 g/mol. The van der Waals surface area contributed by atoms with E-state index in [1.165, 1.54) is 31.2 Å². The van der Waals surface area contributed by atoms with Gasteiger partial charge >= 0.3 is 0 Å². The van der Waals surface area contributed by atoms with Crippen molar-refractivity contribution in [2.24, 2.45) is 5.73 Å². The summed E-state index contributed by atoms with van der Waals surface area (Å²) in [4.78, 5) is 4.47. The number of aromatic amines is 1. The zero-order chi connectivity index (χ0) is 22.9. The number of tetrazole rings is 1. The molecule has 4 aromatic rings. The zero-order valence-corrected chi connectivity index (χ0v) is 19.2. The highest BCUT2D eigenvalue weighted by molar-refractivity contribution is 5.80. The Hall–Kier alpha value is -3.39. The van der Waals surface area contributed by atoms with Gasteiger partial charge in [-0.05, 0) is 34.7 Å². The minimum absolute atomic E-state index is 0.233. The predicted molar refractivity (Wildman–Crippen MR) is 129 cm³/mol. The normalized spacial score (nSPS) is 12.2. The number of aryl methyl sites for hydroxylation is 1. The highest BCUT2D eigenvalue weighted by Crippen LogP contribution is 2.29. The Kier molecular flexibility index (Phi) is 7.92. The maximum absolute atomic E-state index is 6.26. The standard InChI is InChI=1S/C25H32N8/c1-2-3-4-5-8-21(26)15-16-24-27-18-33(30-24)17-19-11-13-20(14-12-19)22-9-6-7-10-23(22)25-28-31-32-29-25/h6-7,9-14,18,21H,2-5,8,15-17,26H2,1H3,(H,28,29,31,32). The Morgan fingerprint density at radius 2 is 1.79 bits per heavy atom. The summed E-state index contributed by atoms with van der Waals surface area (Å²) in [6.07, 6.45) is 9.70. The van der Waals surface area contributed by atoms with Gasteiger partial charge in [-0.25, -0.2) is 9.67 Å². The number of H-pyrrole nitrogens is 1. The van der Waals surface area contributed by atoms with Crippen molar-refractivity contribution in [1.82, 2.24) is 35.4 Å². The number of hydrogen-bond acceptors (Lipinski definition) is 6. The molecule has 0 fully saturated rings. The Bertz CT molecular complexity index is 1100. The van der Waals surface area contributed by atoms with Crippen LogP contribution in [0, 0.1) is 0 Å². The first-order valence-corrected chi connectivity index (χ1v) is 11.8. The van der Waals surface area contributed by atoms with Crippen molar-refractivity contribution in [3.8, 4) is 22.5 Å². The van der Waals surface area contributed by atoms with Gasteiger partial charge in [0, 0.05) is 18.0 Å². The molecule has 0 bridgehead atoms. The van der Waals surface area contributed by atoms with Crippen LogP contribution < -0.4 is 5.73 Å². The first-order valence-electron chi connectivity index (χ1n) is 11.8. The maximum Gasteiger partial charge on any atom is 0.205 e. The van der Waals surface area contributed by atoms with Crippen LogP contribution in [-0.4, -0.2) is 41.4 Å². The van der Waals surface area contributed by atoms with Crippen molar-refractivity contribution < 1.29 is 0 Å². The molecule has 2 heterocycles. The number of nitrogens with zero attached hydrogens (tertiary/aromatic N) is 6. The number of hydrogen-bond donors (Lipinski definition) is 2. The number of nitrogens with one attached hydrogen (secondary N) is 1. The van der Waals surface area contributed by atoms with Crippen molar-refractivity contribution in [3.63, 3.8) is 0 Å². The molecule has 2 aromatic carbocycles. The van der Waals surface area contributed by atoms with E-state index in [4.69, 9.17) is 5.73 Å². The van der Waals surface area contributed by atoms with Gasteiger partial charge in [-0.1, -0.05) is 81.1 Å². The SMILES string of the molecule is CCCCCCC(N)CCc1ncn(Cc2ccc(-c3ccccc3-c3nn[nH]n3)cc2)n1. The molecule has 0 saturated heterocycles. The fourth-order valence-corrected chi connectivity index (χ4v) is 4.00. The van der Waals surface area contributed by atoms with E-state index in [1.54, 1.807) is 0 Å². The summed E-state index contributed by atoms with van der Waals surface area (Å²) in [6.45, 7) is 2.91. The van der Waals surface area contributed by atoms with Gasteiger partial charge in [0.25, 0.3) is 0 Å². The summed E-state index contributed by atoms with van der Waals surface area (Å²) < 4.78 is 1.89. The molecule has 3 N–H and O–H groups in total. The average Bonchev–Trinajstić information content (AvgIpc) is 3.54. The number of rotatable bonds is 12. The first kappa shape index (κ1) is 22.8. The summed E-state index contributed by atoms with van der Waals surface area (Å²) in [5, 5.41) is 19.1. The first-order chi connectivity index (χ1) is 16.2. The fraction of sp³-hybridized carbons (Fsp3) is 0.400. The molecule has 0 aliphatic rings. The Morgan fingerprint density at radius 3 is 2.55 bits per heavy atom. The van der Waals surface area contributed by atoms with Crippen LogP contribution in [0.4, 0.5) is 0 Å². The molecule has 8 nitrogen and oxygen atoms in total. The lowest BCUT2D eigenvalue weighted by Gasteiger charge is -2.09. The summed E-state index contributed by atoms with van der Waals surface area (Å²) in [7, 11) is 0. The molecule has 4 rings (SSSR count). The minimum atomic E-state index is 0.233. The maximum atomic E-state index is 6.26. The van der Waals surface area contributed by atoms with E-state index in [0.29, 0.717) is 12.4 Å². The van der Waals surface area contributed by atoms with Crippen LogP contribution in [0.25, 0.3) is 22.5 Å². The van der Waals surface area contributed by atoms with E-state index in [1.807, 2.05) is 29.2 Å². The molecule has 0 spiro atoms. The number of nitrogens with two attached hydrogens (primary N) is 1. The van der Waals surface area contributed by atoms with Gasteiger partial charge in [-0.2, -0.15) is 10.3 Å². The third-order valence-electron chi connectivity index (χ3n) is 5.87. The predicted octanol–water partition coefficient (Wildman–Crippen LogP) is 4.40. The number of aromatic nitrogens is 7. The van der Waals surface area contributed by atoms with Crippen LogP contribution in [0.15, 0.2) is 54.9 Å². The third kappa shape index (κ3) is 6.32. The molecule has 33 heavy (non-hydrogen) atoms. The molecule has 0 aliphatic heterocycles. The smallest absolute Gasteiger partial charge is 0.205 e. The quantitative estimate of drug-likeness (QED) is 0.313. The number of benzene rings is 2. The van der Waals surface area contributed by atoms with Gasteiger partial charge in [0.1, 0.15) is 6.33 Å². The Balaban J connectivity index is 1.33. The lowest BCUT2D eigenvalue weighted by atomic mass is 9.98. The van der Waals surface area contributed by atoms with Crippen LogP contribution in [0.5, 0.6) is 0 Å². The summed E-state index contributed by atoms with van der Waals surface area (Å²) in [5.74, 6) is 1.45. The summed E-state index contributed by atoms with van der Waals surface area (Å²) in [6, 6.07) is 16.8. The second-order valence-electron chi connectivity index (χ2n) is 8.48. The third-order valence-corrected chi connectivity index (χ3v) is 5.87. The molecule has 8 heteroatoms. The van der Waals surface area contributed by atoms with E-state index < -0.39 is 0 Å². The van der Waals surface area contributed by atoms with Gasteiger partial charge in [0.05, 0.1) is 6.54 Å². The highest BCUT2D eigenvalue weighted by Gasteiger charge is 2.11. The molecular weight excluding hydrogens is 412 g/mol. The van der Waals surface area contributed by atoms with Gasteiger partial charge in [-0.15, -0.1) is 10.2 Å². The monoisotopic (exact) mass is 444 g/mol. The largest absolute Gasteiger partial charge is 0.328 e. The Morgan fingerprint density at radius 1 is 0.970 bits per heavy atom. The Labute approximate surface area is 194 Å². The molecule has 1 unspecified atom stereocenters. The van der Waals surface area contributed by atoms with Crippen LogP contribution in [0.1, 0.15) is 56.8 Å². The van der Waals surface area contributed by atoms with Gasteiger partial charge in [0.2, 0.25) is 5.82 Å². The molecule has 0 radical (unpaired) electrons. The second-order valence-corrected chi connectivity index (χ2v) is 8.48. The zero-order valence-electron chi connectivity index (χ0n) is 19.2. The van der Waals surface area contributed by atoms with Crippen molar-refractivity contribution in [3.05, 3.63) is 66.2 Å². The lowest BCUT2D eigenvalue weighted by Crippen LogP contribution is -2.20. The fourth-order valence-electron chi connectivity index (χ4n) is 4.00. The molecule has 0 aliphatic carbocycles. The van der Waals surface area contributed by atoms with E-state index in [9.17, 15) is 0 Å². The number of unbranched alkanes of at least 4 members (excludes halogenated alkanes) is 3. The topological polar surface area (TPSA) is 111 Å². The van der Waals surface area contributed by atoms with Crippen LogP contribution in [0.3, 0.4) is 0 Å². The van der Waals surface area contributed by atoms with E-state index in [0.717, 1.165) is 41.8 Å². The second kappa shape index (κ2) is 11.5. The summed E-state index contributed by atoms with van der Waals surface area (Å²) >= 11 is 0. The van der Waals surface area contributed by atoms with Crippen LogP contribution in [-0.2, 0) is 13.0 Å². The molecular formula is C25H32N8. The van der Waals surface area contributed by atoms with E-state index in [2.05, 4.69) is 68.0 Å². The lowest BCUT2D eigenvalue weighted by molar-refractivity contribution is 0.515. The minimum Gasteiger partial charge on any atom is -0.328 e. The van der Waals surface area contributed by atoms with Crippen molar-refractivity contribution in [1.29, 1.82) is 0 Å². The van der Waals surface area contributed by atoms with Crippen LogP contribution >= 0.6 is 0 Å². The van der Waals surface area contributed by atoms with Gasteiger partial charge < -0.3 is 5.73 Å². The highest BCUT2D eigenvalue weighted by atomic mass is 15.5. The molecule has 0 amide bonds.